The zero-order chi connectivity index (χ0) is 84.8. The maximum Gasteiger partial charge on any atom is 0.269 e. The highest BCUT2D eigenvalue weighted by Crippen LogP contribution is 2.57. The van der Waals surface area contributed by atoms with Crippen LogP contribution in [-0.4, -0.2) is 89.7 Å². The van der Waals surface area contributed by atoms with E-state index in [0.717, 1.165) is 146 Å². The Bertz CT molecular complexity index is 5560. The lowest BCUT2D eigenvalue weighted by atomic mass is 9.90. The number of nitrogens with one attached hydrogen (secondary N) is 4. The quantitative estimate of drug-likeness (QED) is 0.0520. The Kier molecular flexibility index (Phi) is 25.0. The molecule has 8 aliphatic carbocycles. The van der Waals surface area contributed by atoms with Gasteiger partial charge in [0.25, 0.3) is 23.6 Å². The van der Waals surface area contributed by atoms with Gasteiger partial charge in [0.1, 0.15) is 52.1 Å². The van der Waals surface area contributed by atoms with Gasteiger partial charge in [-0.05, 0) is 365 Å². The molecule has 123 heavy (non-hydrogen) atoms. The van der Waals surface area contributed by atoms with Gasteiger partial charge in [-0.15, -0.1) is 12.8 Å². The summed E-state index contributed by atoms with van der Waals surface area (Å²) >= 11 is 5.83. The Labute approximate surface area is 717 Å². The first-order valence-electron chi connectivity index (χ1n) is 43.0. The Morgan fingerprint density at radius 3 is 0.919 bits per heavy atom. The summed E-state index contributed by atoms with van der Waals surface area (Å²) in [7, 11) is 0. The van der Waals surface area contributed by atoms with E-state index in [-0.39, 0.29) is 46.9 Å². The van der Waals surface area contributed by atoms with Crippen LogP contribution in [0.5, 0.6) is 0 Å². The Morgan fingerprint density at radius 1 is 0.341 bits per heavy atom. The van der Waals surface area contributed by atoms with Crippen LogP contribution < -0.4 is 21.3 Å². The molecular weight excluding hydrogens is 1570 g/mol. The van der Waals surface area contributed by atoms with Gasteiger partial charge in [-0.25, -0.2) is 37.5 Å². The molecule has 22 heteroatoms. The van der Waals surface area contributed by atoms with Gasteiger partial charge < -0.3 is 21.3 Å². The number of halogens is 5. The predicted octanol–water partition coefficient (Wildman–Crippen LogP) is 19.4. The summed E-state index contributed by atoms with van der Waals surface area (Å²) in [6.07, 6.45) is 42.0. The summed E-state index contributed by atoms with van der Waals surface area (Å²) in [5.74, 6) is 12.7. The van der Waals surface area contributed by atoms with Gasteiger partial charge >= 0.3 is 0 Å². The zero-order valence-corrected chi connectivity index (χ0v) is 68.8. The first kappa shape index (κ1) is 82.9. The molecule has 4 amide bonds. The van der Waals surface area contributed by atoms with Gasteiger partial charge in [0, 0.05) is 103 Å². The smallest absolute Gasteiger partial charge is 0.269 e. The van der Waals surface area contributed by atoms with Crippen molar-refractivity contribution in [1.82, 2.24) is 61.1 Å². The van der Waals surface area contributed by atoms with Crippen molar-refractivity contribution in [3.8, 4) is 30.8 Å². The normalized spacial score (nSPS) is 24.8. The van der Waals surface area contributed by atoms with Crippen LogP contribution in [0.3, 0.4) is 0 Å². The van der Waals surface area contributed by atoms with Crippen LogP contribution >= 0.6 is 11.6 Å². The number of terminal acetylenes is 2. The SMILES string of the molecule is C#Cc1ccc(C(=O)NCC2C[C@@H]3CC(c4ccnc5ccc(F)cc45)C[C@@H]3C2)cn1.C#Cc1ccc(C(=O)NCC2C[C@@H]3CC(c4ccnc5ccc(F)cc45)C[C@@H]3C2)nc1.N#Cc1ccc(C(=O)NCC2C[C@@H]3CC(c4ccnc5ccc(F)cc45)C[C@@H]3C2)cn1.O=C(NCC1C[C@@H]2CC(c3ccnc4ccc(F)cc34)C[C@@H]2C1)c1ccc(Cl)cn1. The first-order chi connectivity index (χ1) is 59.9. The topological polar surface area (TPSA) is 243 Å². The number of fused-ring (bicyclic) bond motifs is 8. The van der Waals surface area contributed by atoms with E-state index >= 15 is 0 Å². The van der Waals surface area contributed by atoms with Crippen LogP contribution in [0.2, 0.25) is 5.02 Å². The van der Waals surface area contributed by atoms with E-state index in [1.165, 1.54) is 65.1 Å². The van der Waals surface area contributed by atoms with Crippen molar-refractivity contribution in [3.05, 3.63) is 285 Å². The van der Waals surface area contributed by atoms with E-state index < -0.39 is 0 Å². The molecule has 0 aliphatic heterocycles. The van der Waals surface area contributed by atoms with Gasteiger partial charge in [0.15, 0.2) is 0 Å². The summed E-state index contributed by atoms with van der Waals surface area (Å²) in [5, 5.41) is 25.3. The number of carbonyl (C=O) groups is 4. The molecule has 8 aliphatic rings. The van der Waals surface area contributed by atoms with Crippen LogP contribution in [-0.2, 0) is 0 Å². The fourth-order valence-corrected chi connectivity index (χ4v) is 22.4. The maximum atomic E-state index is 13.8. The highest BCUT2D eigenvalue weighted by Gasteiger charge is 2.47. The second-order valence-corrected chi connectivity index (χ2v) is 35.7. The van der Waals surface area contributed by atoms with Gasteiger partial charge in [-0.1, -0.05) is 23.4 Å². The summed E-state index contributed by atoms with van der Waals surface area (Å²) in [6, 6.07) is 42.9. The van der Waals surface area contributed by atoms with E-state index in [0.29, 0.717) is 165 Å². The fourth-order valence-electron chi connectivity index (χ4n) is 22.3. The standard InChI is InChI=1S/2C26H24FN3O.C25H23FN4O.C24H23ClFN3O/c1-2-22-5-3-17(15-29-22)26(31)30-14-16-9-18-11-20(12-19(18)10-16)23-7-8-28-25-6-4-21(27)13-24(23)25;1-2-16-3-5-25(29-14-16)26(31)30-15-17-9-18-11-20(12-19(18)10-17)22-7-8-28-24-6-4-21(27)13-23(22)24;26-20-2-4-24-23(11-20)22(5-6-28-24)19-9-17-7-15(8-18(17)10-19)13-30-25(31)16-1-3-21(12-27)29-14-16;25-18-1-3-23(28-13-18)24(30)29-12-14-7-15-9-17(10-16(15)8-14)20-5-6-27-22-4-2-19(26)11-21(20)22/h1,3-8,13,15-16,18-20H,9-12,14H2,(H,30,31);1,3-8,13-14,17-20H,9-12,15H2,(H,30,31);1-6,11,14-15,17-19H,7-10,13H2,(H,30,31);1-6,11,13-17H,7-10,12H2,(H,29,30)/t16?,18-,19+,20?;17?,18-,19+,20?;15?,17-,18+,19?;14?,15-,16+,17?. The number of hydrogen-bond donors (Lipinski definition) is 4. The Hall–Kier alpha value is -12.4. The summed E-state index contributed by atoms with van der Waals surface area (Å²) in [5.41, 5.74) is 11.7. The van der Waals surface area contributed by atoms with Crippen molar-refractivity contribution in [2.75, 3.05) is 26.2 Å². The number of hydrogen-bond acceptors (Lipinski definition) is 13. The lowest BCUT2D eigenvalue weighted by molar-refractivity contribution is 0.0934. The highest BCUT2D eigenvalue weighted by atomic mass is 35.5. The molecule has 0 radical (unpaired) electrons. The van der Waals surface area contributed by atoms with Crippen LogP contribution in [0.25, 0.3) is 43.6 Å². The molecule has 4 aromatic carbocycles. The molecule has 0 spiro atoms. The second kappa shape index (κ2) is 37.1. The molecule has 622 valence electrons. The molecule has 17 nitrogen and oxygen atoms in total. The monoisotopic (exact) mass is 1660 g/mol. The second-order valence-electron chi connectivity index (χ2n) is 35.2. The van der Waals surface area contributed by atoms with E-state index in [9.17, 15) is 36.7 Å². The molecule has 12 aromatic rings. The Balaban J connectivity index is 0.000000116. The molecule has 0 saturated heterocycles. The number of aromatic nitrogens is 8. The maximum absolute atomic E-state index is 13.8. The van der Waals surface area contributed by atoms with Crippen LogP contribution in [0.15, 0.2) is 195 Å². The fraction of sp³-hybridized carbons (Fsp3) is 0.356. The molecular formula is C101H94ClF4N13O4. The molecule has 8 fully saturated rings. The van der Waals surface area contributed by atoms with Crippen LogP contribution in [0.1, 0.15) is 207 Å². The highest BCUT2D eigenvalue weighted by molar-refractivity contribution is 6.30. The minimum atomic E-state index is -0.215. The van der Waals surface area contributed by atoms with Crippen molar-refractivity contribution in [2.45, 2.75) is 126 Å². The number of carbonyl (C=O) groups excluding carboxylic acids is 4. The number of nitriles is 1. The molecule has 0 bridgehead atoms. The third-order valence-corrected chi connectivity index (χ3v) is 28.0. The molecule has 8 heterocycles. The van der Waals surface area contributed by atoms with Crippen molar-refractivity contribution in [3.63, 3.8) is 0 Å². The Morgan fingerprint density at radius 2 is 0.650 bits per heavy atom. The average Bonchev–Trinajstić information content (AvgIpc) is 1.64. The first-order valence-corrected chi connectivity index (χ1v) is 43.4. The van der Waals surface area contributed by atoms with Crippen molar-refractivity contribution < 1.29 is 36.7 Å². The molecule has 20 rings (SSSR count). The number of rotatable bonds is 16. The van der Waals surface area contributed by atoms with Crippen molar-refractivity contribution in [1.29, 1.82) is 5.26 Å². The van der Waals surface area contributed by atoms with E-state index in [2.05, 4.69) is 97.2 Å². The average molecular weight is 1670 g/mol. The lowest BCUT2D eigenvalue weighted by Gasteiger charge is -2.17. The number of amides is 4. The molecule has 8 saturated carbocycles. The molecule has 4 N–H and O–H groups in total. The number of pyridine rings is 8. The lowest BCUT2D eigenvalue weighted by Crippen LogP contribution is -2.29. The summed E-state index contributed by atoms with van der Waals surface area (Å²) in [6.45, 7) is 2.72. The molecule has 16 atom stereocenters. The van der Waals surface area contributed by atoms with E-state index in [1.54, 1.807) is 103 Å². The third kappa shape index (κ3) is 19.1. The number of benzene rings is 4. The van der Waals surface area contributed by atoms with Crippen LogP contribution in [0, 0.1) is 130 Å². The van der Waals surface area contributed by atoms with E-state index in [4.69, 9.17) is 29.7 Å². The van der Waals surface area contributed by atoms with E-state index in [1.807, 2.05) is 30.9 Å². The summed E-state index contributed by atoms with van der Waals surface area (Å²) in [4.78, 5) is 83.3. The van der Waals surface area contributed by atoms with Crippen molar-refractivity contribution in [2.24, 2.45) is 71.0 Å². The van der Waals surface area contributed by atoms with Crippen molar-refractivity contribution >= 4 is 78.8 Å². The molecule has 8 aromatic heterocycles. The number of nitrogens with zero attached hydrogens (tertiary/aromatic N) is 9. The third-order valence-electron chi connectivity index (χ3n) is 27.8. The predicted molar refractivity (Wildman–Crippen MR) is 465 cm³/mol. The van der Waals surface area contributed by atoms with Gasteiger partial charge in [0.05, 0.1) is 38.2 Å². The summed E-state index contributed by atoms with van der Waals surface area (Å²) < 4.78 is 55.3. The molecule has 8 unspecified atom stereocenters. The van der Waals surface area contributed by atoms with Gasteiger partial charge in [-0.3, -0.25) is 39.1 Å². The minimum absolute atomic E-state index is 0.101. The minimum Gasteiger partial charge on any atom is -0.352 e. The largest absolute Gasteiger partial charge is 0.352 e. The zero-order valence-electron chi connectivity index (χ0n) is 68.1. The van der Waals surface area contributed by atoms with Gasteiger partial charge in [0.2, 0.25) is 0 Å². The van der Waals surface area contributed by atoms with Gasteiger partial charge in [-0.2, -0.15) is 5.26 Å². The van der Waals surface area contributed by atoms with Crippen LogP contribution in [0.4, 0.5) is 17.6 Å².